The van der Waals surface area contributed by atoms with Crippen molar-refractivity contribution in [3.05, 3.63) is 68.9 Å². The maximum atomic E-state index is 13.1. The Balaban J connectivity index is 2.25. The number of nitrogens with one attached hydrogen (secondary N) is 1. The van der Waals surface area contributed by atoms with Gasteiger partial charge in [-0.05, 0) is 49.1 Å². The summed E-state index contributed by atoms with van der Waals surface area (Å²) in [7, 11) is 0. The van der Waals surface area contributed by atoms with E-state index in [1.165, 1.54) is 12.1 Å². The van der Waals surface area contributed by atoms with Gasteiger partial charge in [-0.15, -0.1) is 0 Å². The minimum absolute atomic E-state index is 0.141. The third kappa shape index (κ3) is 3.08. The maximum Gasteiger partial charge on any atom is 0.266 e. The summed E-state index contributed by atoms with van der Waals surface area (Å²) in [5.74, 6) is -0.278. The van der Waals surface area contributed by atoms with Crippen LogP contribution in [0.5, 0.6) is 0 Å². The SMILES string of the molecule is Cc1cc(CCc2cccc(F)c2)c(C#N)c(=O)[nH]1. The van der Waals surface area contributed by atoms with Crippen LogP contribution in [0.4, 0.5) is 4.39 Å². The van der Waals surface area contributed by atoms with E-state index in [-0.39, 0.29) is 16.9 Å². The molecule has 2 aromatic rings. The Morgan fingerprint density at radius 3 is 2.79 bits per heavy atom. The van der Waals surface area contributed by atoms with E-state index in [1.54, 1.807) is 19.1 Å². The summed E-state index contributed by atoms with van der Waals surface area (Å²) in [6.45, 7) is 1.77. The molecule has 1 heterocycles. The number of pyridine rings is 1. The second kappa shape index (κ2) is 5.49. The van der Waals surface area contributed by atoms with Gasteiger partial charge in [0.1, 0.15) is 17.4 Å². The number of aromatic nitrogens is 1. The fraction of sp³-hybridized carbons (Fsp3) is 0.200. The van der Waals surface area contributed by atoms with Crippen molar-refractivity contribution in [2.24, 2.45) is 0 Å². The Bertz CT molecular complexity index is 698. The first kappa shape index (κ1) is 13.0. The topological polar surface area (TPSA) is 56.6 Å². The lowest BCUT2D eigenvalue weighted by Gasteiger charge is -2.05. The Labute approximate surface area is 110 Å². The zero-order chi connectivity index (χ0) is 13.8. The number of benzene rings is 1. The number of hydrogen-bond acceptors (Lipinski definition) is 2. The monoisotopic (exact) mass is 256 g/mol. The van der Waals surface area contributed by atoms with E-state index >= 15 is 0 Å². The molecule has 0 atom stereocenters. The predicted octanol–water partition coefficient (Wildman–Crippen LogP) is 2.48. The highest BCUT2D eigenvalue weighted by Gasteiger charge is 2.08. The lowest BCUT2D eigenvalue weighted by atomic mass is 10.0. The lowest BCUT2D eigenvalue weighted by molar-refractivity contribution is 0.625. The summed E-state index contributed by atoms with van der Waals surface area (Å²) in [4.78, 5) is 14.2. The summed E-state index contributed by atoms with van der Waals surface area (Å²) in [6, 6.07) is 10.0. The van der Waals surface area contributed by atoms with Gasteiger partial charge in [-0.2, -0.15) is 5.26 Å². The van der Waals surface area contributed by atoms with Crippen LogP contribution in [0.3, 0.4) is 0 Å². The van der Waals surface area contributed by atoms with Crippen LogP contribution in [0.1, 0.15) is 22.4 Å². The zero-order valence-electron chi connectivity index (χ0n) is 10.5. The minimum Gasteiger partial charge on any atom is -0.325 e. The molecule has 0 radical (unpaired) electrons. The Morgan fingerprint density at radius 1 is 1.32 bits per heavy atom. The van der Waals surface area contributed by atoms with Crippen molar-refractivity contribution in [2.75, 3.05) is 0 Å². The number of nitrogens with zero attached hydrogens (tertiary/aromatic N) is 1. The summed E-state index contributed by atoms with van der Waals surface area (Å²) >= 11 is 0. The van der Waals surface area contributed by atoms with Crippen LogP contribution in [-0.4, -0.2) is 4.98 Å². The van der Waals surface area contributed by atoms with Crippen molar-refractivity contribution < 1.29 is 4.39 Å². The van der Waals surface area contributed by atoms with E-state index in [2.05, 4.69) is 4.98 Å². The van der Waals surface area contributed by atoms with Crippen LogP contribution in [0, 0.1) is 24.1 Å². The molecule has 1 aromatic carbocycles. The molecule has 1 N–H and O–H groups in total. The van der Waals surface area contributed by atoms with Crippen molar-refractivity contribution in [2.45, 2.75) is 19.8 Å². The van der Waals surface area contributed by atoms with Gasteiger partial charge < -0.3 is 4.98 Å². The molecule has 0 aliphatic carbocycles. The highest BCUT2D eigenvalue weighted by molar-refractivity contribution is 5.37. The molecule has 0 saturated heterocycles. The second-order valence-corrected chi connectivity index (χ2v) is 4.42. The van der Waals surface area contributed by atoms with Gasteiger partial charge in [0.25, 0.3) is 5.56 Å². The lowest BCUT2D eigenvalue weighted by Crippen LogP contribution is -2.14. The van der Waals surface area contributed by atoms with E-state index < -0.39 is 0 Å². The summed E-state index contributed by atoms with van der Waals surface area (Å²) in [6.07, 6.45) is 1.13. The van der Waals surface area contributed by atoms with Gasteiger partial charge in [0.15, 0.2) is 0 Å². The smallest absolute Gasteiger partial charge is 0.266 e. The van der Waals surface area contributed by atoms with Crippen molar-refractivity contribution >= 4 is 0 Å². The van der Waals surface area contributed by atoms with Crippen LogP contribution in [0.25, 0.3) is 0 Å². The molecule has 3 nitrogen and oxygen atoms in total. The molecule has 0 unspecified atom stereocenters. The average molecular weight is 256 g/mol. The number of aryl methyl sites for hydroxylation is 3. The molecule has 19 heavy (non-hydrogen) atoms. The first-order valence-corrected chi connectivity index (χ1v) is 5.97. The standard InChI is InChI=1S/C15H13FN2O/c1-10-7-12(14(9-17)15(19)18-10)6-5-11-3-2-4-13(16)8-11/h2-4,7-8H,5-6H2,1H3,(H,18,19). The number of hydrogen-bond donors (Lipinski definition) is 1. The third-order valence-electron chi connectivity index (χ3n) is 2.93. The molecule has 1 aromatic heterocycles. The van der Waals surface area contributed by atoms with Gasteiger partial charge in [0.05, 0.1) is 0 Å². The molecule has 0 amide bonds. The summed E-state index contributed by atoms with van der Waals surface area (Å²) in [5, 5.41) is 9.00. The molecule has 4 heteroatoms. The van der Waals surface area contributed by atoms with Gasteiger partial charge >= 0.3 is 0 Å². The number of aromatic amines is 1. The van der Waals surface area contributed by atoms with Crippen molar-refractivity contribution in [1.29, 1.82) is 5.26 Å². The highest BCUT2D eigenvalue weighted by Crippen LogP contribution is 2.11. The normalized spacial score (nSPS) is 10.2. The number of halogens is 1. The van der Waals surface area contributed by atoms with E-state index in [9.17, 15) is 9.18 Å². The molecule has 0 fully saturated rings. The van der Waals surface area contributed by atoms with Crippen LogP contribution < -0.4 is 5.56 Å². The van der Waals surface area contributed by atoms with Gasteiger partial charge in [0.2, 0.25) is 0 Å². The largest absolute Gasteiger partial charge is 0.325 e. The van der Waals surface area contributed by atoms with E-state index in [1.807, 2.05) is 12.1 Å². The van der Waals surface area contributed by atoms with Crippen molar-refractivity contribution in [3.8, 4) is 6.07 Å². The molecule has 0 saturated carbocycles. The number of nitriles is 1. The van der Waals surface area contributed by atoms with Crippen molar-refractivity contribution in [3.63, 3.8) is 0 Å². The molecule has 2 rings (SSSR count). The third-order valence-corrected chi connectivity index (χ3v) is 2.93. The number of rotatable bonds is 3. The van der Waals surface area contributed by atoms with Crippen LogP contribution in [0.2, 0.25) is 0 Å². The second-order valence-electron chi connectivity index (χ2n) is 4.42. The first-order chi connectivity index (χ1) is 9.10. The quantitative estimate of drug-likeness (QED) is 0.917. The first-order valence-electron chi connectivity index (χ1n) is 5.97. The summed E-state index contributed by atoms with van der Waals surface area (Å²) in [5.41, 5.74) is 2.05. The van der Waals surface area contributed by atoms with Crippen LogP contribution in [0.15, 0.2) is 35.1 Å². The van der Waals surface area contributed by atoms with Crippen LogP contribution >= 0.6 is 0 Å². The Hall–Kier alpha value is -2.41. The van der Waals surface area contributed by atoms with Gasteiger partial charge in [-0.3, -0.25) is 4.79 Å². The molecule has 0 spiro atoms. The zero-order valence-corrected chi connectivity index (χ0v) is 10.5. The summed E-state index contributed by atoms with van der Waals surface area (Å²) < 4.78 is 13.1. The Kier molecular flexibility index (Phi) is 3.76. The molecule has 0 aliphatic rings. The molecule has 0 bridgehead atoms. The van der Waals surface area contributed by atoms with Crippen molar-refractivity contribution in [1.82, 2.24) is 4.98 Å². The average Bonchev–Trinajstić information content (AvgIpc) is 2.36. The van der Waals surface area contributed by atoms with E-state index in [0.29, 0.717) is 18.4 Å². The maximum absolute atomic E-state index is 13.1. The van der Waals surface area contributed by atoms with Gasteiger partial charge in [-0.1, -0.05) is 12.1 Å². The van der Waals surface area contributed by atoms with Gasteiger partial charge in [0, 0.05) is 5.69 Å². The molecular formula is C15H13FN2O. The fourth-order valence-corrected chi connectivity index (χ4v) is 2.05. The minimum atomic E-state index is -0.364. The molecular weight excluding hydrogens is 243 g/mol. The van der Waals surface area contributed by atoms with Crippen LogP contribution in [-0.2, 0) is 12.8 Å². The van der Waals surface area contributed by atoms with E-state index in [4.69, 9.17) is 5.26 Å². The fourth-order valence-electron chi connectivity index (χ4n) is 2.05. The molecule has 0 aliphatic heterocycles. The van der Waals surface area contributed by atoms with E-state index in [0.717, 1.165) is 11.3 Å². The molecule has 96 valence electrons. The highest BCUT2D eigenvalue weighted by atomic mass is 19.1. The number of H-pyrrole nitrogens is 1. The van der Waals surface area contributed by atoms with Gasteiger partial charge in [-0.25, -0.2) is 4.39 Å². The Morgan fingerprint density at radius 2 is 2.11 bits per heavy atom. The predicted molar refractivity (Wildman–Crippen MR) is 70.3 cm³/mol.